The van der Waals surface area contributed by atoms with Crippen LogP contribution in [0.2, 0.25) is 0 Å². The number of aliphatic hydroxyl groups excluding tert-OH is 1. The number of hydrogen-bond acceptors (Lipinski definition) is 5. The van der Waals surface area contributed by atoms with Crippen LogP contribution in [0.25, 0.3) is 0 Å². The van der Waals surface area contributed by atoms with E-state index >= 15 is 0 Å². The second-order valence-electron chi connectivity index (χ2n) is 6.56. The third-order valence-electron chi connectivity index (χ3n) is 5.01. The average Bonchev–Trinajstić information content (AvgIpc) is 3.04. The molecule has 2 atom stereocenters. The number of carbonyl (C=O) groups is 1. The molecule has 1 N–H and O–H groups in total. The lowest BCUT2D eigenvalue weighted by atomic mass is 9.96. The van der Waals surface area contributed by atoms with Crippen LogP contribution in [0.5, 0.6) is 5.75 Å². The maximum absolute atomic E-state index is 12.8. The molecule has 1 aromatic carbocycles. The SMILES string of the molecule is COc1cccc(C(=O)N2CC(CO)C(CN3CCOCC3)C2)c1. The van der Waals surface area contributed by atoms with Crippen LogP contribution in [-0.2, 0) is 4.74 Å². The van der Waals surface area contributed by atoms with Gasteiger partial charge in [-0.15, -0.1) is 0 Å². The molecule has 2 aliphatic heterocycles. The molecule has 0 aromatic heterocycles. The molecule has 0 spiro atoms. The summed E-state index contributed by atoms with van der Waals surface area (Å²) in [5.41, 5.74) is 0.637. The van der Waals surface area contributed by atoms with Crippen molar-refractivity contribution < 1.29 is 19.4 Å². The van der Waals surface area contributed by atoms with E-state index in [1.54, 1.807) is 13.2 Å². The Hall–Kier alpha value is -1.63. The molecule has 2 saturated heterocycles. The summed E-state index contributed by atoms with van der Waals surface area (Å²) < 4.78 is 10.6. The Morgan fingerprint density at radius 2 is 2.04 bits per heavy atom. The number of nitrogens with zero attached hydrogens (tertiary/aromatic N) is 2. The molecule has 0 saturated carbocycles. The summed E-state index contributed by atoms with van der Waals surface area (Å²) in [4.78, 5) is 17.0. The van der Waals surface area contributed by atoms with Gasteiger partial charge in [0.25, 0.3) is 5.91 Å². The van der Waals surface area contributed by atoms with Crippen molar-refractivity contribution in [3.8, 4) is 5.75 Å². The molecule has 1 amide bonds. The van der Waals surface area contributed by atoms with Crippen LogP contribution in [0.15, 0.2) is 24.3 Å². The van der Waals surface area contributed by atoms with Crippen molar-refractivity contribution in [1.82, 2.24) is 9.80 Å². The quantitative estimate of drug-likeness (QED) is 0.859. The Morgan fingerprint density at radius 1 is 1.29 bits per heavy atom. The van der Waals surface area contributed by atoms with E-state index in [-0.39, 0.29) is 18.4 Å². The molecule has 1 aromatic rings. The van der Waals surface area contributed by atoms with Gasteiger partial charge in [-0.25, -0.2) is 0 Å². The normalized spacial score (nSPS) is 25.0. The molecule has 3 rings (SSSR count). The zero-order chi connectivity index (χ0) is 16.9. The molecule has 2 aliphatic rings. The third kappa shape index (κ3) is 3.88. The van der Waals surface area contributed by atoms with Crippen molar-refractivity contribution in [2.24, 2.45) is 11.8 Å². The average molecular weight is 334 g/mol. The smallest absolute Gasteiger partial charge is 0.254 e. The van der Waals surface area contributed by atoms with E-state index < -0.39 is 0 Å². The molecule has 2 unspecified atom stereocenters. The zero-order valence-electron chi connectivity index (χ0n) is 14.2. The maximum Gasteiger partial charge on any atom is 0.254 e. The number of benzene rings is 1. The second kappa shape index (κ2) is 7.96. The summed E-state index contributed by atoms with van der Waals surface area (Å²) in [5.74, 6) is 1.14. The highest BCUT2D eigenvalue weighted by atomic mass is 16.5. The van der Waals surface area contributed by atoms with E-state index in [0.29, 0.717) is 30.3 Å². The predicted octanol–water partition coefficient (Wildman–Crippen LogP) is 0.708. The Kier molecular flexibility index (Phi) is 5.71. The van der Waals surface area contributed by atoms with Gasteiger partial charge in [-0.05, 0) is 24.1 Å². The van der Waals surface area contributed by atoms with Crippen LogP contribution in [-0.4, -0.2) is 80.5 Å². The molecule has 132 valence electrons. The number of hydrogen-bond donors (Lipinski definition) is 1. The highest BCUT2D eigenvalue weighted by Gasteiger charge is 2.36. The van der Waals surface area contributed by atoms with E-state index in [9.17, 15) is 9.90 Å². The third-order valence-corrected chi connectivity index (χ3v) is 5.01. The van der Waals surface area contributed by atoms with Crippen LogP contribution in [0.1, 0.15) is 10.4 Å². The van der Waals surface area contributed by atoms with Gasteiger partial charge in [0.15, 0.2) is 0 Å². The maximum atomic E-state index is 12.8. The van der Waals surface area contributed by atoms with Gasteiger partial charge in [0.05, 0.1) is 20.3 Å². The molecular weight excluding hydrogens is 308 g/mol. The number of methoxy groups -OCH3 is 1. The first-order valence-electron chi connectivity index (χ1n) is 8.55. The summed E-state index contributed by atoms with van der Waals surface area (Å²) >= 11 is 0. The topological polar surface area (TPSA) is 62.2 Å². The fourth-order valence-electron chi connectivity index (χ4n) is 3.57. The Labute approximate surface area is 143 Å². The lowest BCUT2D eigenvalue weighted by Gasteiger charge is -2.30. The molecule has 0 radical (unpaired) electrons. The van der Waals surface area contributed by atoms with Crippen molar-refractivity contribution in [1.29, 1.82) is 0 Å². The van der Waals surface area contributed by atoms with Gasteiger partial charge in [-0.1, -0.05) is 6.07 Å². The molecular formula is C18H26N2O4. The van der Waals surface area contributed by atoms with E-state index in [4.69, 9.17) is 9.47 Å². The Bertz CT molecular complexity index is 560. The zero-order valence-corrected chi connectivity index (χ0v) is 14.2. The number of rotatable bonds is 5. The molecule has 2 heterocycles. The second-order valence-corrected chi connectivity index (χ2v) is 6.56. The highest BCUT2D eigenvalue weighted by Crippen LogP contribution is 2.26. The molecule has 2 fully saturated rings. The fourth-order valence-corrected chi connectivity index (χ4v) is 3.57. The highest BCUT2D eigenvalue weighted by molar-refractivity contribution is 5.94. The molecule has 6 nitrogen and oxygen atoms in total. The lowest BCUT2D eigenvalue weighted by molar-refractivity contribution is 0.0264. The van der Waals surface area contributed by atoms with E-state index in [1.165, 1.54) is 0 Å². The summed E-state index contributed by atoms with van der Waals surface area (Å²) in [5, 5.41) is 9.72. The first-order valence-corrected chi connectivity index (χ1v) is 8.55. The van der Waals surface area contributed by atoms with Gasteiger partial charge in [-0.2, -0.15) is 0 Å². The monoisotopic (exact) mass is 334 g/mol. The summed E-state index contributed by atoms with van der Waals surface area (Å²) in [6, 6.07) is 7.25. The molecule has 24 heavy (non-hydrogen) atoms. The number of ether oxygens (including phenoxy) is 2. The molecule has 0 aliphatic carbocycles. The van der Waals surface area contributed by atoms with Crippen LogP contribution < -0.4 is 4.74 Å². The van der Waals surface area contributed by atoms with Crippen LogP contribution in [0.4, 0.5) is 0 Å². The first-order chi connectivity index (χ1) is 11.7. The van der Waals surface area contributed by atoms with Crippen LogP contribution in [0.3, 0.4) is 0 Å². The van der Waals surface area contributed by atoms with Gasteiger partial charge in [0.1, 0.15) is 5.75 Å². The minimum atomic E-state index is 0.0110. The van der Waals surface area contributed by atoms with Crippen molar-refractivity contribution in [3.63, 3.8) is 0 Å². The van der Waals surface area contributed by atoms with Crippen molar-refractivity contribution in [2.45, 2.75) is 0 Å². The van der Waals surface area contributed by atoms with Gasteiger partial charge < -0.3 is 19.5 Å². The number of aliphatic hydroxyl groups is 1. The van der Waals surface area contributed by atoms with Crippen LogP contribution >= 0.6 is 0 Å². The van der Waals surface area contributed by atoms with Gasteiger partial charge >= 0.3 is 0 Å². The minimum absolute atomic E-state index is 0.0110. The Morgan fingerprint density at radius 3 is 2.75 bits per heavy atom. The fraction of sp³-hybridized carbons (Fsp3) is 0.611. The van der Waals surface area contributed by atoms with Gasteiger partial charge in [-0.3, -0.25) is 9.69 Å². The summed E-state index contributed by atoms with van der Waals surface area (Å²) in [6.45, 7) is 5.73. The van der Waals surface area contributed by atoms with Crippen molar-refractivity contribution in [3.05, 3.63) is 29.8 Å². The lowest BCUT2D eigenvalue weighted by Crippen LogP contribution is -2.41. The first kappa shape index (κ1) is 17.2. The number of morpholine rings is 1. The number of amides is 1. The molecule has 0 bridgehead atoms. The Balaban J connectivity index is 1.65. The predicted molar refractivity (Wildman–Crippen MR) is 90.2 cm³/mol. The standard InChI is InChI=1S/C18H26N2O4/c1-23-17-4-2-3-14(9-17)18(22)20-11-15(16(12-20)13-21)10-19-5-7-24-8-6-19/h2-4,9,15-16,21H,5-8,10-13H2,1H3. The summed E-state index contributed by atoms with van der Waals surface area (Å²) in [6.07, 6.45) is 0. The summed E-state index contributed by atoms with van der Waals surface area (Å²) in [7, 11) is 1.60. The van der Waals surface area contributed by atoms with Crippen molar-refractivity contribution >= 4 is 5.91 Å². The van der Waals surface area contributed by atoms with E-state index in [2.05, 4.69) is 4.90 Å². The molecule has 6 heteroatoms. The van der Waals surface area contributed by atoms with E-state index in [0.717, 1.165) is 32.8 Å². The van der Waals surface area contributed by atoms with Crippen LogP contribution in [0, 0.1) is 11.8 Å². The number of likely N-dealkylation sites (tertiary alicyclic amines) is 1. The van der Waals surface area contributed by atoms with Crippen molar-refractivity contribution in [2.75, 3.05) is 59.7 Å². The minimum Gasteiger partial charge on any atom is -0.497 e. The van der Waals surface area contributed by atoms with Gasteiger partial charge in [0.2, 0.25) is 0 Å². The van der Waals surface area contributed by atoms with Gasteiger partial charge in [0, 0.05) is 50.8 Å². The number of carbonyl (C=O) groups excluding carboxylic acids is 1. The van der Waals surface area contributed by atoms with E-state index in [1.807, 2.05) is 23.1 Å². The largest absolute Gasteiger partial charge is 0.497 e.